The van der Waals surface area contributed by atoms with Crippen LogP contribution in [-0.4, -0.2) is 49.1 Å². The highest BCUT2D eigenvalue weighted by Crippen LogP contribution is 2.27. The number of nitrogens with zero attached hydrogens (tertiary/aromatic N) is 3. The standard InChI is InChI=1S/C20H22N4O5S/c1-28-17-9-3-2-6-14(17)12-21-20(25)15-7-5-11-24(13-15)30(26,27)18-10-4-8-16-19(18)23-29-22-16/h2-4,6,8-10,15H,5,7,11-13H2,1H3,(H,21,25)/t15-/m1/s1. The first-order chi connectivity index (χ1) is 14.5. The topological polar surface area (TPSA) is 115 Å². The Morgan fingerprint density at radius 2 is 2.07 bits per heavy atom. The fourth-order valence-corrected chi connectivity index (χ4v) is 5.34. The number of rotatable bonds is 6. The van der Waals surface area contributed by atoms with Crippen LogP contribution in [0.2, 0.25) is 0 Å². The maximum absolute atomic E-state index is 13.2. The predicted octanol–water partition coefficient (Wildman–Crippen LogP) is 1.95. The molecule has 1 aliphatic heterocycles. The number of hydrogen-bond acceptors (Lipinski definition) is 7. The van der Waals surface area contributed by atoms with Gasteiger partial charge in [0, 0.05) is 25.2 Å². The highest BCUT2D eigenvalue weighted by atomic mass is 32.2. The lowest BCUT2D eigenvalue weighted by Crippen LogP contribution is -2.45. The van der Waals surface area contributed by atoms with Gasteiger partial charge in [-0.3, -0.25) is 4.79 Å². The van der Waals surface area contributed by atoms with Crippen molar-refractivity contribution < 1.29 is 22.6 Å². The Hall–Kier alpha value is -2.98. The first-order valence-electron chi connectivity index (χ1n) is 9.61. The third-order valence-electron chi connectivity index (χ3n) is 5.27. The molecule has 1 aliphatic rings. The van der Waals surface area contributed by atoms with E-state index in [4.69, 9.17) is 4.74 Å². The second-order valence-corrected chi connectivity index (χ2v) is 9.03. The molecule has 1 fully saturated rings. The Balaban J connectivity index is 1.47. The van der Waals surface area contributed by atoms with Crippen molar-refractivity contribution >= 4 is 27.0 Å². The van der Waals surface area contributed by atoms with E-state index in [2.05, 4.69) is 20.3 Å². The van der Waals surface area contributed by atoms with Gasteiger partial charge in [0.1, 0.15) is 16.2 Å². The normalized spacial score (nSPS) is 17.7. The number of piperidine rings is 1. The van der Waals surface area contributed by atoms with Crippen LogP contribution >= 0.6 is 0 Å². The zero-order chi connectivity index (χ0) is 21.1. The number of amides is 1. The number of sulfonamides is 1. The van der Waals surface area contributed by atoms with Crippen molar-refractivity contribution in [1.29, 1.82) is 0 Å². The van der Waals surface area contributed by atoms with Gasteiger partial charge < -0.3 is 10.1 Å². The molecule has 2 heterocycles. The Morgan fingerprint density at radius 1 is 1.23 bits per heavy atom. The highest BCUT2D eigenvalue weighted by molar-refractivity contribution is 7.89. The summed E-state index contributed by atoms with van der Waals surface area (Å²) in [7, 11) is -2.25. The van der Waals surface area contributed by atoms with Crippen LogP contribution in [0.3, 0.4) is 0 Å². The molecule has 2 aromatic carbocycles. The number of ether oxygens (including phenoxy) is 1. The molecule has 0 aliphatic carbocycles. The molecule has 0 saturated carbocycles. The Kier molecular flexibility index (Phi) is 5.69. The van der Waals surface area contributed by atoms with Gasteiger partial charge in [0.15, 0.2) is 5.52 Å². The van der Waals surface area contributed by atoms with Gasteiger partial charge in [-0.1, -0.05) is 24.3 Å². The molecule has 0 bridgehead atoms. The maximum atomic E-state index is 13.2. The molecule has 4 rings (SSSR count). The van der Waals surface area contributed by atoms with Gasteiger partial charge >= 0.3 is 0 Å². The Bertz CT molecular complexity index is 1160. The van der Waals surface area contributed by atoms with Gasteiger partial charge in [-0.05, 0) is 41.4 Å². The van der Waals surface area contributed by atoms with Gasteiger partial charge in [-0.2, -0.15) is 4.31 Å². The number of aromatic nitrogens is 2. The second-order valence-electron chi connectivity index (χ2n) is 7.12. The highest BCUT2D eigenvalue weighted by Gasteiger charge is 2.34. The minimum atomic E-state index is -3.83. The molecular weight excluding hydrogens is 408 g/mol. The van der Waals surface area contributed by atoms with E-state index in [0.29, 0.717) is 37.2 Å². The minimum Gasteiger partial charge on any atom is -0.496 e. The van der Waals surface area contributed by atoms with Crippen molar-refractivity contribution in [2.75, 3.05) is 20.2 Å². The van der Waals surface area contributed by atoms with E-state index in [-0.39, 0.29) is 22.9 Å². The van der Waals surface area contributed by atoms with Crippen LogP contribution in [0.5, 0.6) is 5.75 Å². The summed E-state index contributed by atoms with van der Waals surface area (Å²) in [5.41, 5.74) is 1.43. The van der Waals surface area contributed by atoms with Gasteiger partial charge in [0.25, 0.3) is 0 Å². The predicted molar refractivity (Wildman–Crippen MR) is 108 cm³/mol. The van der Waals surface area contributed by atoms with Gasteiger partial charge in [0.05, 0.1) is 13.0 Å². The average molecular weight is 430 g/mol. The summed E-state index contributed by atoms with van der Waals surface area (Å²) in [6.45, 7) is 0.776. The third kappa shape index (κ3) is 3.88. The molecule has 9 nitrogen and oxygen atoms in total. The Morgan fingerprint density at radius 3 is 2.90 bits per heavy atom. The van der Waals surface area contributed by atoms with E-state index >= 15 is 0 Å². The molecule has 10 heteroatoms. The zero-order valence-electron chi connectivity index (χ0n) is 16.4. The van der Waals surface area contributed by atoms with Crippen LogP contribution in [0.25, 0.3) is 11.0 Å². The average Bonchev–Trinajstić information content (AvgIpc) is 3.26. The molecule has 1 saturated heterocycles. The van der Waals surface area contributed by atoms with Gasteiger partial charge in [0.2, 0.25) is 15.9 Å². The van der Waals surface area contributed by atoms with Crippen molar-refractivity contribution in [1.82, 2.24) is 19.9 Å². The summed E-state index contributed by atoms with van der Waals surface area (Å²) < 4.78 is 37.7. The molecule has 0 radical (unpaired) electrons. The molecule has 1 N–H and O–H groups in total. The van der Waals surface area contributed by atoms with Gasteiger partial charge in [-0.25, -0.2) is 13.0 Å². The van der Waals surface area contributed by atoms with E-state index in [9.17, 15) is 13.2 Å². The number of hydrogen-bond donors (Lipinski definition) is 1. The van der Waals surface area contributed by atoms with Crippen molar-refractivity contribution in [2.24, 2.45) is 5.92 Å². The van der Waals surface area contributed by atoms with E-state index in [1.165, 1.54) is 10.4 Å². The monoisotopic (exact) mass is 430 g/mol. The maximum Gasteiger partial charge on any atom is 0.245 e. The van der Waals surface area contributed by atoms with E-state index in [1.54, 1.807) is 19.2 Å². The summed E-state index contributed by atoms with van der Waals surface area (Å²) in [4.78, 5) is 12.8. The van der Waals surface area contributed by atoms with Crippen LogP contribution in [0.1, 0.15) is 18.4 Å². The number of fused-ring (bicyclic) bond motifs is 1. The molecule has 1 aromatic heterocycles. The lowest BCUT2D eigenvalue weighted by atomic mass is 9.98. The quantitative estimate of drug-likeness (QED) is 0.636. The molecule has 3 aromatic rings. The Labute approximate surface area is 174 Å². The summed E-state index contributed by atoms with van der Waals surface area (Å²) >= 11 is 0. The number of benzene rings is 2. The number of methoxy groups -OCH3 is 1. The fourth-order valence-electron chi connectivity index (χ4n) is 3.68. The lowest BCUT2D eigenvalue weighted by Gasteiger charge is -2.31. The SMILES string of the molecule is COc1ccccc1CNC(=O)[C@@H]1CCCN(S(=O)(=O)c2cccc3nonc23)C1. The van der Waals surface area contributed by atoms with Crippen molar-refractivity contribution in [3.8, 4) is 5.75 Å². The first-order valence-corrected chi connectivity index (χ1v) is 11.1. The molecule has 1 atom stereocenters. The van der Waals surface area contributed by atoms with Crippen LogP contribution in [-0.2, 0) is 21.4 Å². The number of nitrogens with one attached hydrogen (secondary N) is 1. The summed E-state index contributed by atoms with van der Waals surface area (Å²) in [5, 5.41) is 10.3. The summed E-state index contributed by atoms with van der Waals surface area (Å²) in [6, 6.07) is 12.2. The van der Waals surface area contributed by atoms with Crippen molar-refractivity contribution in [3.05, 3.63) is 48.0 Å². The molecule has 30 heavy (non-hydrogen) atoms. The number of para-hydroxylation sites is 1. The second kappa shape index (κ2) is 8.41. The number of carbonyl (C=O) groups excluding carboxylic acids is 1. The van der Waals surface area contributed by atoms with E-state index in [1.807, 2.05) is 24.3 Å². The van der Waals surface area contributed by atoms with Crippen LogP contribution in [0.15, 0.2) is 52.0 Å². The van der Waals surface area contributed by atoms with Crippen LogP contribution in [0.4, 0.5) is 0 Å². The number of carbonyl (C=O) groups is 1. The fraction of sp³-hybridized carbons (Fsp3) is 0.350. The lowest BCUT2D eigenvalue weighted by molar-refractivity contribution is -0.126. The zero-order valence-corrected chi connectivity index (χ0v) is 17.3. The van der Waals surface area contributed by atoms with Crippen molar-refractivity contribution in [2.45, 2.75) is 24.3 Å². The molecule has 0 unspecified atom stereocenters. The summed E-state index contributed by atoms with van der Waals surface area (Å²) in [6.07, 6.45) is 1.22. The van der Waals surface area contributed by atoms with Crippen LogP contribution < -0.4 is 10.1 Å². The van der Waals surface area contributed by atoms with Gasteiger partial charge in [-0.15, -0.1) is 0 Å². The molecule has 1 amide bonds. The van der Waals surface area contributed by atoms with E-state index in [0.717, 1.165) is 5.56 Å². The molecule has 0 spiro atoms. The van der Waals surface area contributed by atoms with Crippen molar-refractivity contribution in [3.63, 3.8) is 0 Å². The smallest absolute Gasteiger partial charge is 0.245 e. The van der Waals surface area contributed by atoms with Crippen LogP contribution in [0, 0.1) is 5.92 Å². The summed E-state index contributed by atoms with van der Waals surface area (Å²) in [5.74, 6) is 0.0833. The largest absolute Gasteiger partial charge is 0.496 e. The molecular formula is C20H22N4O5S. The van der Waals surface area contributed by atoms with E-state index < -0.39 is 15.9 Å². The first kappa shape index (κ1) is 20.3. The third-order valence-corrected chi connectivity index (χ3v) is 7.16. The molecule has 158 valence electrons. The minimum absolute atomic E-state index is 0.0383.